The Labute approximate surface area is 116 Å². The van der Waals surface area contributed by atoms with Gasteiger partial charge < -0.3 is 0 Å². The zero-order chi connectivity index (χ0) is 15.2. The van der Waals surface area contributed by atoms with Gasteiger partial charge in [0.15, 0.2) is 11.6 Å². The fourth-order valence-corrected chi connectivity index (χ4v) is 2.28. The standard InChI is InChI=1S/C14H7F3N2O2/c15-14(16,17)13-18-5-7(6-19-13)10-11(20)8-3-1-2-4-9(8)12(10)21/h1-6,10H. The van der Waals surface area contributed by atoms with Gasteiger partial charge in [-0.15, -0.1) is 0 Å². The molecular weight excluding hydrogens is 285 g/mol. The number of hydrogen-bond acceptors (Lipinski definition) is 4. The number of fused-ring (bicyclic) bond motifs is 1. The van der Waals surface area contributed by atoms with E-state index in [1.165, 1.54) is 12.1 Å². The number of carbonyl (C=O) groups excluding carboxylic acids is 2. The molecule has 1 heterocycles. The van der Waals surface area contributed by atoms with E-state index in [1.54, 1.807) is 12.1 Å². The van der Waals surface area contributed by atoms with Crippen LogP contribution in [0.15, 0.2) is 36.7 Å². The molecule has 0 bridgehead atoms. The van der Waals surface area contributed by atoms with Crippen molar-refractivity contribution in [2.75, 3.05) is 0 Å². The number of alkyl halides is 3. The summed E-state index contributed by atoms with van der Waals surface area (Å²) in [7, 11) is 0. The molecule has 21 heavy (non-hydrogen) atoms. The van der Waals surface area contributed by atoms with Crippen molar-refractivity contribution in [2.45, 2.75) is 12.1 Å². The molecule has 0 radical (unpaired) electrons. The molecule has 1 aliphatic carbocycles. The Bertz CT molecular complexity index is 704. The SMILES string of the molecule is O=C1c2ccccc2C(=O)C1c1cnc(C(F)(F)F)nc1. The van der Waals surface area contributed by atoms with Crippen LogP contribution in [0.3, 0.4) is 0 Å². The van der Waals surface area contributed by atoms with E-state index in [-0.39, 0.29) is 16.7 Å². The molecule has 0 aliphatic heterocycles. The summed E-state index contributed by atoms with van der Waals surface area (Å²) in [4.78, 5) is 30.8. The summed E-state index contributed by atoms with van der Waals surface area (Å²) < 4.78 is 37.2. The van der Waals surface area contributed by atoms with Crippen LogP contribution in [0.4, 0.5) is 13.2 Å². The van der Waals surface area contributed by atoms with Crippen molar-refractivity contribution in [3.05, 3.63) is 59.2 Å². The number of benzene rings is 1. The Kier molecular flexibility index (Phi) is 2.86. The Morgan fingerprint density at radius 2 is 1.38 bits per heavy atom. The van der Waals surface area contributed by atoms with Crippen molar-refractivity contribution in [1.82, 2.24) is 9.97 Å². The number of aromatic nitrogens is 2. The first-order chi connectivity index (χ1) is 9.89. The maximum atomic E-state index is 12.4. The molecule has 2 aromatic rings. The molecule has 1 aliphatic rings. The average molecular weight is 292 g/mol. The maximum absolute atomic E-state index is 12.4. The highest BCUT2D eigenvalue weighted by Gasteiger charge is 2.40. The molecule has 4 nitrogen and oxygen atoms in total. The topological polar surface area (TPSA) is 59.9 Å². The minimum absolute atomic E-state index is 0.0641. The third-order valence-corrected chi connectivity index (χ3v) is 3.24. The smallest absolute Gasteiger partial charge is 0.293 e. The van der Waals surface area contributed by atoms with Crippen molar-refractivity contribution < 1.29 is 22.8 Å². The predicted molar refractivity (Wildman–Crippen MR) is 64.9 cm³/mol. The largest absolute Gasteiger partial charge is 0.451 e. The molecule has 7 heteroatoms. The van der Waals surface area contributed by atoms with E-state index in [4.69, 9.17) is 0 Å². The number of nitrogens with zero attached hydrogens (tertiary/aromatic N) is 2. The van der Waals surface area contributed by atoms with E-state index < -0.39 is 29.5 Å². The van der Waals surface area contributed by atoms with E-state index in [2.05, 4.69) is 9.97 Å². The van der Waals surface area contributed by atoms with Gasteiger partial charge in [-0.1, -0.05) is 24.3 Å². The second-order valence-electron chi connectivity index (χ2n) is 4.54. The molecule has 0 amide bonds. The number of ketones is 2. The molecule has 0 fully saturated rings. The van der Waals surface area contributed by atoms with Crippen LogP contribution >= 0.6 is 0 Å². The lowest BCUT2D eigenvalue weighted by molar-refractivity contribution is -0.145. The van der Waals surface area contributed by atoms with Crippen LogP contribution in [0, 0.1) is 0 Å². The fraction of sp³-hybridized carbons (Fsp3) is 0.143. The van der Waals surface area contributed by atoms with E-state index in [1.807, 2.05) is 0 Å². The Morgan fingerprint density at radius 3 is 1.81 bits per heavy atom. The molecule has 0 atom stereocenters. The van der Waals surface area contributed by atoms with Gasteiger partial charge in [0.2, 0.25) is 5.82 Å². The second kappa shape index (κ2) is 4.47. The molecule has 0 saturated heterocycles. The number of Topliss-reactive ketones (excluding diaryl/α,β-unsaturated/α-hetero) is 2. The third kappa shape index (κ3) is 2.10. The van der Waals surface area contributed by atoms with Gasteiger partial charge in [-0.2, -0.15) is 13.2 Å². The van der Waals surface area contributed by atoms with E-state index in [0.717, 1.165) is 12.4 Å². The number of hydrogen-bond donors (Lipinski definition) is 0. The first kappa shape index (κ1) is 13.4. The molecule has 3 rings (SSSR count). The molecule has 1 aromatic carbocycles. The van der Waals surface area contributed by atoms with E-state index >= 15 is 0 Å². The van der Waals surface area contributed by atoms with Crippen molar-refractivity contribution in [2.24, 2.45) is 0 Å². The van der Waals surface area contributed by atoms with Gasteiger partial charge in [0.25, 0.3) is 0 Å². The average Bonchev–Trinajstić information content (AvgIpc) is 2.71. The highest BCUT2D eigenvalue weighted by Crippen LogP contribution is 2.34. The lowest BCUT2D eigenvalue weighted by Gasteiger charge is -2.08. The monoisotopic (exact) mass is 292 g/mol. The third-order valence-electron chi connectivity index (χ3n) is 3.24. The molecular formula is C14H7F3N2O2. The molecule has 0 unspecified atom stereocenters. The Balaban J connectivity index is 2.00. The number of halogens is 3. The van der Waals surface area contributed by atoms with Crippen molar-refractivity contribution in [3.8, 4) is 0 Å². The molecule has 1 aromatic heterocycles. The zero-order valence-corrected chi connectivity index (χ0v) is 10.4. The van der Waals surface area contributed by atoms with Gasteiger partial charge in [-0.25, -0.2) is 9.97 Å². The Morgan fingerprint density at radius 1 is 0.905 bits per heavy atom. The highest BCUT2D eigenvalue weighted by molar-refractivity contribution is 6.29. The fourth-order valence-electron chi connectivity index (χ4n) is 2.28. The minimum atomic E-state index is -4.66. The van der Waals surface area contributed by atoms with Crippen LogP contribution in [0.1, 0.15) is 38.0 Å². The summed E-state index contributed by atoms with van der Waals surface area (Å²) >= 11 is 0. The van der Waals surface area contributed by atoms with Crippen molar-refractivity contribution in [1.29, 1.82) is 0 Å². The van der Waals surface area contributed by atoms with Gasteiger partial charge in [0, 0.05) is 29.1 Å². The van der Waals surface area contributed by atoms with Gasteiger partial charge in [-0.3, -0.25) is 9.59 Å². The van der Waals surface area contributed by atoms with Crippen molar-refractivity contribution >= 4 is 11.6 Å². The highest BCUT2D eigenvalue weighted by atomic mass is 19.4. The van der Waals surface area contributed by atoms with Crippen molar-refractivity contribution in [3.63, 3.8) is 0 Å². The zero-order valence-electron chi connectivity index (χ0n) is 10.4. The maximum Gasteiger partial charge on any atom is 0.451 e. The van der Waals surface area contributed by atoms with Crippen LogP contribution in [0.5, 0.6) is 0 Å². The van der Waals surface area contributed by atoms with Gasteiger partial charge in [0.05, 0.1) is 0 Å². The quantitative estimate of drug-likeness (QED) is 0.758. The lowest BCUT2D eigenvalue weighted by Crippen LogP contribution is -2.16. The van der Waals surface area contributed by atoms with Gasteiger partial charge in [0.1, 0.15) is 5.92 Å². The summed E-state index contributed by atoms with van der Waals surface area (Å²) in [6, 6.07) is 6.27. The molecule has 106 valence electrons. The first-order valence-electron chi connectivity index (χ1n) is 5.96. The molecule has 0 spiro atoms. The molecule has 0 N–H and O–H groups in total. The van der Waals surface area contributed by atoms with Crippen LogP contribution in [0.25, 0.3) is 0 Å². The van der Waals surface area contributed by atoms with E-state index in [0.29, 0.717) is 0 Å². The summed E-state index contributed by atoms with van der Waals surface area (Å²) in [5.41, 5.74) is 0.606. The first-order valence-corrected chi connectivity index (χ1v) is 5.96. The predicted octanol–water partition coefficient (Wildman–Crippen LogP) is 2.66. The number of rotatable bonds is 1. The van der Waals surface area contributed by atoms with Crippen LogP contribution in [-0.4, -0.2) is 21.5 Å². The normalized spacial score (nSPS) is 15.4. The van der Waals surface area contributed by atoms with Crippen LogP contribution in [0.2, 0.25) is 0 Å². The number of carbonyl (C=O) groups is 2. The summed E-state index contributed by atoms with van der Waals surface area (Å²) in [5, 5.41) is 0. The van der Waals surface area contributed by atoms with Gasteiger partial charge in [-0.05, 0) is 0 Å². The van der Waals surface area contributed by atoms with E-state index in [9.17, 15) is 22.8 Å². The van der Waals surface area contributed by atoms with Gasteiger partial charge >= 0.3 is 6.18 Å². The minimum Gasteiger partial charge on any atom is -0.293 e. The second-order valence-corrected chi connectivity index (χ2v) is 4.54. The molecule has 0 saturated carbocycles. The lowest BCUT2D eigenvalue weighted by atomic mass is 9.97. The Hall–Kier alpha value is -2.57. The summed E-state index contributed by atoms with van der Waals surface area (Å²) in [6.45, 7) is 0. The summed E-state index contributed by atoms with van der Waals surface area (Å²) in [6.07, 6.45) is -2.91. The summed E-state index contributed by atoms with van der Waals surface area (Å²) in [5.74, 6) is -3.36. The van der Waals surface area contributed by atoms with Crippen LogP contribution < -0.4 is 0 Å². The van der Waals surface area contributed by atoms with Crippen LogP contribution in [-0.2, 0) is 6.18 Å².